The van der Waals surface area contributed by atoms with Gasteiger partial charge in [0, 0.05) is 17.3 Å². The summed E-state index contributed by atoms with van der Waals surface area (Å²) in [6, 6.07) is 10.5. The van der Waals surface area contributed by atoms with Crippen LogP contribution in [0.2, 0.25) is 5.02 Å². The van der Waals surface area contributed by atoms with Gasteiger partial charge in [-0.3, -0.25) is 0 Å². The summed E-state index contributed by atoms with van der Waals surface area (Å²) < 4.78 is 13.3. The average Bonchev–Trinajstić information content (AvgIpc) is 2.38. The fourth-order valence-corrected chi connectivity index (χ4v) is 2.32. The van der Waals surface area contributed by atoms with Crippen LogP contribution in [0.1, 0.15) is 22.7 Å². The van der Waals surface area contributed by atoms with Gasteiger partial charge in [0.2, 0.25) is 0 Å². The minimum absolute atomic E-state index is 0.0767. The van der Waals surface area contributed by atoms with E-state index in [9.17, 15) is 4.39 Å². The molecule has 1 atom stereocenters. The molecule has 0 amide bonds. The number of hydrogen-bond acceptors (Lipinski definition) is 2. The van der Waals surface area contributed by atoms with Crippen molar-refractivity contribution < 1.29 is 4.39 Å². The maximum atomic E-state index is 13.3. The summed E-state index contributed by atoms with van der Waals surface area (Å²) in [5, 5.41) is 3.59. The first-order valence-corrected chi connectivity index (χ1v) is 6.87. The Morgan fingerprint density at radius 3 is 2.50 bits per heavy atom. The van der Waals surface area contributed by atoms with Crippen molar-refractivity contribution in [2.24, 2.45) is 5.73 Å². The van der Waals surface area contributed by atoms with Crippen LogP contribution in [0.15, 0.2) is 36.4 Å². The van der Waals surface area contributed by atoms with Gasteiger partial charge >= 0.3 is 0 Å². The Balaban J connectivity index is 2.26. The first-order chi connectivity index (χ1) is 9.49. The zero-order valence-electron chi connectivity index (χ0n) is 11.6. The van der Waals surface area contributed by atoms with E-state index in [1.54, 1.807) is 6.07 Å². The zero-order valence-corrected chi connectivity index (χ0v) is 12.3. The molecule has 0 aliphatic rings. The van der Waals surface area contributed by atoms with Gasteiger partial charge in [0.05, 0.1) is 6.04 Å². The lowest BCUT2D eigenvalue weighted by atomic mass is 10.0. The summed E-state index contributed by atoms with van der Waals surface area (Å²) in [7, 11) is 0. The molecular weight excluding hydrogens is 275 g/mol. The van der Waals surface area contributed by atoms with Gasteiger partial charge in [0.1, 0.15) is 5.82 Å². The molecule has 2 aromatic rings. The van der Waals surface area contributed by atoms with E-state index >= 15 is 0 Å². The largest absolute Gasteiger partial charge is 0.377 e. The van der Waals surface area contributed by atoms with E-state index in [-0.39, 0.29) is 11.9 Å². The quantitative estimate of drug-likeness (QED) is 0.886. The predicted octanol–water partition coefficient (Wildman–Crippen LogP) is 4.21. The second-order valence-electron chi connectivity index (χ2n) is 4.93. The Hall–Kier alpha value is -1.58. The fourth-order valence-electron chi connectivity index (χ4n) is 2.10. The van der Waals surface area contributed by atoms with Crippen molar-refractivity contribution in [2.75, 3.05) is 11.9 Å². The van der Waals surface area contributed by atoms with E-state index in [4.69, 9.17) is 17.3 Å². The maximum Gasteiger partial charge on any atom is 0.126 e. The van der Waals surface area contributed by atoms with Crippen molar-refractivity contribution in [3.05, 3.63) is 63.9 Å². The second-order valence-corrected chi connectivity index (χ2v) is 5.37. The number of anilines is 1. The zero-order chi connectivity index (χ0) is 14.7. The minimum atomic E-state index is -0.365. The van der Waals surface area contributed by atoms with Crippen LogP contribution < -0.4 is 11.1 Å². The molecule has 0 saturated carbocycles. The molecule has 2 aromatic carbocycles. The standard InChI is InChI=1S/C16H18ClFN2/c1-10-3-4-12(5-11(10)2)16(9-19)20-15-7-13(17)6-14(18)8-15/h3-8,16,20H,9,19H2,1-2H3. The Morgan fingerprint density at radius 1 is 1.15 bits per heavy atom. The third-order valence-corrected chi connectivity index (χ3v) is 3.59. The van der Waals surface area contributed by atoms with E-state index in [0.29, 0.717) is 17.3 Å². The molecular formula is C16H18ClFN2. The molecule has 106 valence electrons. The lowest BCUT2D eigenvalue weighted by molar-refractivity contribution is 0.627. The van der Waals surface area contributed by atoms with Gasteiger partial charge < -0.3 is 11.1 Å². The van der Waals surface area contributed by atoms with Crippen LogP contribution in [-0.2, 0) is 0 Å². The molecule has 20 heavy (non-hydrogen) atoms. The fraction of sp³-hybridized carbons (Fsp3) is 0.250. The number of benzene rings is 2. The van der Waals surface area contributed by atoms with Crippen LogP contribution in [-0.4, -0.2) is 6.54 Å². The molecule has 0 bridgehead atoms. The number of halogens is 2. The Bertz CT molecular complexity index is 593. The Labute approximate surface area is 123 Å². The van der Waals surface area contributed by atoms with Crippen molar-refractivity contribution in [3.63, 3.8) is 0 Å². The van der Waals surface area contributed by atoms with E-state index in [1.807, 2.05) is 6.07 Å². The summed E-state index contributed by atoms with van der Waals surface area (Å²) in [6.45, 7) is 4.54. The molecule has 0 saturated heterocycles. The second kappa shape index (κ2) is 6.25. The van der Waals surface area contributed by atoms with Gasteiger partial charge in [-0.2, -0.15) is 0 Å². The summed E-state index contributed by atoms with van der Waals surface area (Å²) in [5.74, 6) is -0.365. The highest BCUT2D eigenvalue weighted by molar-refractivity contribution is 6.30. The Morgan fingerprint density at radius 2 is 1.90 bits per heavy atom. The number of rotatable bonds is 4. The highest BCUT2D eigenvalue weighted by atomic mass is 35.5. The van der Waals surface area contributed by atoms with Crippen molar-refractivity contribution in [1.82, 2.24) is 0 Å². The third kappa shape index (κ3) is 3.50. The molecule has 0 radical (unpaired) electrons. The molecule has 0 aliphatic carbocycles. The normalized spacial score (nSPS) is 12.2. The number of nitrogens with one attached hydrogen (secondary N) is 1. The smallest absolute Gasteiger partial charge is 0.126 e. The van der Waals surface area contributed by atoms with Crippen molar-refractivity contribution in [1.29, 1.82) is 0 Å². The molecule has 3 N–H and O–H groups in total. The summed E-state index contributed by atoms with van der Waals surface area (Å²) in [5.41, 5.74) is 9.98. The molecule has 0 fully saturated rings. The van der Waals surface area contributed by atoms with Crippen LogP contribution in [0.25, 0.3) is 0 Å². The average molecular weight is 293 g/mol. The number of hydrogen-bond donors (Lipinski definition) is 2. The first-order valence-electron chi connectivity index (χ1n) is 6.49. The van der Waals surface area contributed by atoms with Crippen LogP contribution >= 0.6 is 11.6 Å². The van der Waals surface area contributed by atoms with Gasteiger partial charge in [0.25, 0.3) is 0 Å². The molecule has 0 aromatic heterocycles. The van der Waals surface area contributed by atoms with E-state index < -0.39 is 0 Å². The third-order valence-electron chi connectivity index (χ3n) is 3.37. The minimum Gasteiger partial charge on any atom is -0.377 e. The molecule has 0 spiro atoms. The van der Waals surface area contributed by atoms with Crippen molar-refractivity contribution >= 4 is 17.3 Å². The van der Waals surface area contributed by atoms with Crippen LogP contribution in [0.3, 0.4) is 0 Å². The van der Waals surface area contributed by atoms with Crippen LogP contribution in [0.5, 0.6) is 0 Å². The predicted molar refractivity (Wildman–Crippen MR) is 82.7 cm³/mol. The molecule has 1 unspecified atom stereocenters. The summed E-state index contributed by atoms with van der Waals surface area (Å²) in [6.07, 6.45) is 0. The molecule has 4 heteroatoms. The van der Waals surface area contributed by atoms with E-state index in [1.165, 1.54) is 23.3 Å². The van der Waals surface area contributed by atoms with E-state index in [0.717, 1.165) is 5.56 Å². The SMILES string of the molecule is Cc1ccc(C(CN)Nc2cc(F)cc(Cl)c2)cc1C. The van der Waals surface area contributed by atoms with Crippen molar-refractivity contribution in [3.8, 4) is 0 Å². The number of aryl methyl sites for hydroxylation is 2. The Kier molecular flexibility index (Phi) is 4.63. The van der Waals surface area contributed by atoms with Gasteiger partial charge in [-0.05, 0) is 48.7 Å². The molecule has 2 rings (SSSR count). The molecule has 0 heterocycles. The number of nitrogens with two attached hydrogens (primary N) is 1. The lowest BCUT2D eigenvalue weighted by Crippen LogP contribution is -2.20. The van der Waals surface area contributed by atoms with Crippen LogP contribution in [0, 0.1) is 19.7 Å². The lowest BCUT2D eigenvalue weighted by Gasteiger charge is -2.20. The highest BCUT2D eigenvalue weighted by Crippen LogP contribution is 2.24. The van der Waals surface area contributed by atoms with Gasteiger partial charge in [-0.25, -0.2) is 4.39 Å². The molecule has 2 nitrogen and oxygen atoms in total. The van der Waals surface area contributed by atoms with Gasteiger partial charge in [-0.15, -0.1) is 0 Å². The monoisotopic (exact) mass is 292 g/mol. The maximum absolute atomic E-state index is 13.3. The van der Waals surface area contributed by atoms with Crippen LogP contribution in [0.4, 0.5) is 10.1 Å². The first kappa shape index (κ1) is 14.8. The van der Waals surface area contributed by atoms with Gasteiger partial charge in [-0.1, -0.05) is 29.8 Å². The highest BCUT2D eigenvalue weighted by Gasteiger charge is 2.11. The van der Waals surface area contributed by atoms with E-state index in [2.05, 4.69) is 31.3 Å². The summed E-state index contributed by atoms with van der Waals surface area (Å²) >= 11 is 5.86. The molecule has 0 aliphatic heterocycles. The van der Waals surface area contributed by atoms with Crippen molar-refractivity contribution in [2.45, 2.75) is 19.9 Å². The topological polar surface area (TPSA) is 38.0 Å². The summed E-state index contributed by atoms with van der Waals surface area (Å²) in [4.78, 5) is 0. The van der Waals surface area contributed by atoms with Gasteiger partial charge in [0.15, 0.2) is 0 Å².